The van der Waals surface area contributed by atoms with Crippen LogP contribution in [0.4, 0.5) is 5.69 Å². The molecule has 3 heteroatoms. The van der Waals surface area contributed by atoms with E-state index in [0.717, 1.165) is 37.4 Å². The third-order valence-corrected chi connectivity index (χ3v) is 3.43. The Morgan fingerprint density at radius 2 is 2.11 bits per heavy atom. The van der Waals surface area contributed by atoms with Crippen molar-refractivity contribution >= 4 is 5.69 Å². The topological polar surface area (TPSA) is 42.1 Å². The first-order valence-corrected chi connectivity index (χ1v) is 6.31. The lowest BCUT2D eigenvalue weighted by atomic mass is 9.99. The summed E-state index contributed by atoms with van der Waals surface area (Å²) in [5.74, 6) is 0. The fraction of sp³-hybridized carbons (Fsp3) is 0.267. The summed E-state index contributed by atoms with van der Waals surface area (Å²) in [6.07, 6.45) is 2.95. The highest BCUT2D eigenvalue weighted by atomic mass is 15.1. The number of pyridine rings is 1. The van der Waals surface area contributed by atoms with E-state index in [1.165, 1.54) is 11.1 Å². The molecule has 0 aliphatic carbocycles. The van der Waals surface area contributed by atoms with Gasteiger partial charge in [-0.2, -0.15) is 0 Å². The average Bonchev–Trinajstić information content (AvgIpc) is 2.39. The van der Waals surface area contributed by atoms with Crippen LogP contribution in [-0.2, 0) is 19.5 Å². The quantitative estimate of drug-likeness (QED) is 0.817. The van der Waals surface area contributed by atoms with Crippen molar-refractivity contribution in [3.8, 4) is 0 Å². The number of aromatic nitrogens is 1. The SMILES string of the molecule is Nc1ccc2c(c1)CN(Cc1ccccn1)CC2. The molecule has 0 saturated heterocycles. The largest absolute Gasteiger partial charge is 0.399 e. The molecule has 0 bridgehead atoms. The Hall–Kier alpha value is -1.87. The zero-order valence-electron chi connectivity index (χ0n) is 10.3. The van der Waals surface area contributed by atoms with Gasteiger partial charge in [-0.25, -0.2) is 0 Å². The highest BCUT2D eigenvalue weighted by molar-refractivity contribution is 5.45. The average molecular weight is 239 g/mol. The van der Waals surface area contributed by atoms with Crippen LogP contribution in [0.3, 0.4) is 0 Å². The summed E-state index contributed by atoms with van der Waals surface area (Å²) in [7, 11) is 0. The molecular formula is C15H17N3. The van der Waals surface area contributed by atoms with Gasteiger partial charge >= 0.3 is 0 Å². The minimum atomic E-state index is 0.855. The fourth-order valence-corrected chi connectivity index (χ4v) is 2.49. The molecule has 0 spiro atoms. The number of nitrogen functional groups attached to an aromatic ring is 1. The molecule has 2 N–H and O–H groups in total. The Balaban J connectivity index is 1.75. The zero-order chi connectivity index (χ0) is 12.4. The predicted molar refractivity (Wildman–Crippen MR) is 72.9 cm³/mol. The van der Waals surface area contributed by atoms with Crippen LogP contribution in [-0.4, -0.2) is 16.4 Å². The monoisotopic (exact) mass is 239 g/mol. The van der Waals surface area contributed by atoms with Gasteiger partial charge in [-0.05, 0) is 41.8 Å². The maximum Gasteiger partial charge on any atom is 0.0544 e. The molecule has 0 amide bonds. The number of benzene rings is 1. The van der Waals surface area contributed by atoms with E-state index < -0.39 is 0 Å². The lowest BCUT2D eigenvalue weighted by Crippen LogP contribution is -2.30. The normalized spacial score (nSPS) is 15.3. The van der Waals surface area contributed by atoms with Gasteiger partial charge in [0.25, 0.3) is 0 Å². The van der Waals surface area contributed by atoms with Gasteiger partial charge in [-0.1, -0.05) is 12.1 Å². The van der Waals surface area contributed by atoms with Gasteiger partial charge in [0.2, 0.25) is 0 Å². The van der Waals surface area contributed by atoms with E-state index in [9.17, 15) is 0 Å². The van der Waals surface area contributed by atoms with Gasteiger partial charge in [0.1, 0.15) is 0 Å². The van der Waals surface area contributed by atoms with Crippen LogP contribution >= 0.6 is 0 Å². The second-order valence-electron chi connectivity index (χ2n) is 4.81. The molecule has 0 saturated carbocycles. The third kappa shape index (κ3) is 2.36. The van der Waals surface area contributed by atoms with Crippen LogP contribution in [0.5, 0.6) is 0 Å². The molecular weight excluding hydrogens is 222 g/mol. The van der Waals surface area contributed by atoms with Crippen molar-refractivity contribution in [3.63, 3.8) is 0 Å². The second-order valence-corrected chi connectivity index (χ2v) is 4.81. The molecule has 0 unspecified atom stereocenters. The molecule has 92 valence electrons. The lowest BCUT2D eigenvalue weighted by molar-refractivity contribution is 0.243. The highest BCUT2D eigenvalue weighted by Gasteiger charge is 2.16. The van der Waals surface area contributed by atoms with Crippen LogP contribution in [0, 0.1) is 0 Å². The van der Waals surface area contributed by atoms with Gasteiger partial charge in [0.15, 0.2) is 0 Å². The summed E-state index contributed by atoms with van der Waals surface area (Å²) in [6, 6.07) is 12.3. The Bertz CT molecular complexity index is 537. The van der Waals surface area contributed by atoms with Crippen molar-refractivity contribution in [1.82, 2.24) is 9.88 Å². The molecule has 0 atom stereocenters. The highest BCUT2D eigenvalue weighted by Crippen LogP contribution is 2.22. The lowest BCUT2D eigenvalue weighted by Gasteiger charge is -2.28. The van der Waals surface area contributed by atoms with Crippen molar-refractivity contribution in [2.75, 3.05) is 12.3 Å². The summed E-state index contributed by atoms with van der Waals surface area (Å²) in [6.45, 7) is 2.97. The maximum absolute atomic E-state index is 5.85. The minimum absolute atomic E-state index is 0.855. The number of nitrogens with zero attached hydrogens (tertiary/aromatic N) is 2. The minimum Gasteiger partial charge on any atom is -0.399 e. The molecule has 1 aliphatic heterocycles. The molecule has 1 aromatic heterocycles. The maximum atomic E-state index is 5.85. The predicted octanol–water partition coefficient (Wildman–Crippen LogP) is 2.22. The first-order chi connectivity index (χ1) is 8.81. The van der Waals surface area contributed by atoms with Crippen LogP contribution < -0.4 is 5.73 Å². The van der Waals surface area contributed by atoms with Gasteiger partial charge in [-0.15, -0.1) is 0 Å². The number of nitrogens with two attached hydrogens (primary N) is 1. The fourth-order valence-electron chi connectivity index (χ4n) is 2.49. The van der Waals surface area contributed by atoms with Gasteiger partial charge < -0.3 is 5.73 Å². The first kappa shape index (κ1) is 11.2. The molecule has 2 heterocycles. The van der Waals surface area contributed by atoms with E-state index in [2.05, 4.69) is 28.1 Å². The van der Waals surface area contributed by atoms with E-state index in [4.69, 9.17) is 5.73 Å². The number of rotatable bonds is 2. The van der Waals surface area contributed by atoms with Crippen LogP contribution in [0.25, 0.3) is 0 Å². The molecule has 0 fully saturated rings. The van der Waals surface area contributed by atoms with Crippen LogP contribution in [0.15, 0.2) is 42.6 Å². The number of anilines is 1. The Morgan fingerprint density at radius 3 is 2.94 bits per heavy atom. The second kappa shape index (κ2) is 4.78. The summed E-state index contributed by atoms with van der Waals surface area (Å²) in [5.41, 5.74) is 10.6. The standard InChI is InChI=1S/C15H17N3/c16-14-5-4-12-6-8-18(10-13(12)9-14)11-15-3-1-2-7-17-15/h1-5,7,9H,6,8,10-11,16H2. The molecule has 3 nitrogen and oxygen atoms in total. The van der Waals surface area contributed by atoms with Crippen molar-refractivity contribution in [1.29, 1.82) is 0 Å². The smallest absolute Gasteiger partial charge is 0.0544 e. The molecule has 0 radical (unpaired) electrons. The van der Waals surface area contributed by atoms with E-state index in [-0.39, 0.29) is 0 Å². The van der Waals surface area contributed by atoms with Gasteiger partial charge in [-0.3, -0.25) is 9.88 Å². The van der Waals surface area contributed by atoms with E-state index >= 15 is 0 Å². The number of fused-ring (bicyclic) bond motifs is 1. The Morgan fingerprint density at radius 1 is 1.17 bits per heavy atom. The zero-order valence-corrected chi connectivity index (χ0v) is 10.3. The van der Waals surface area contributed by atoms with E-state index in [1.807, 2.05) is 24.4 Å². The number of hydrogen-bond acceptors (Lipinski definition) is 3. The summed E-state index contributed by atoms with van der Waals surface area (Å²) >= 11 is 0. The molecule has 1 aliphatic rings. The van der Waals surface area contributed by atoms with Crippen LogP contribution in [0.2, 0.25) is 0 Å². The van der Waals surface area contributed by atoms with E-state index in [0.29, 0.717) is 0 Å². The third-order valence-electron chi connectivity index (χ3n) is 3.43. The van der Waals surface area contributed by atoms with Gasteiger partial charge in [0.05, 0.1) is 5.69 Å². The summed E-state index contributed by atoms with van der Waals surface area (Å²) < 4.78 is 0. The van der Waals surface area contributed by atoms with Crippen molar-refractivity contribution in [3.05, 3.63) is 59.4 Å². The Labute approximate surface area is 107 Å². The molecule has 3 rings (SSSR count). The van der Waals surface area contributed by atoms with E-state index in [1.54, 1.807) is 0 Å². The van der Waals surface area contributed by atoms with Gasteiger partial charge in [0, 0.05) is 31.5 Å². The van der Waals surface area contributed by atoms with Crippen molar-refractivity contribution in [2.45, 2.75) is 19.5 Å². The van der Waals surface area contributed by atoms with Crippen molar-refractivity contribution < 1.29 is 0 Å². The molecule has 18 heavy (non-hydrogen) atoms. The Kier molecular flexibility index (Phi) is 2.99. The molecule has 1 aromatic carbocycles. The molecule has 2 aromatic rings. The number of hydrogen-bond donors (Lipinski definition) is 1. The van der Waals surface area contributed by atoms with Crippen LogP contribution in [0.1, 0.15) is 16.8 Å². The summed E-state index contributed by atoms with van der Waals surface area (Å²) in [5, 5.41) is 0. The first-order valence-electron chi connectivity index (χ1n) is 6.31. The van der Waals surface area contributed by atoms with Crippen molar-refractivity contribution in [2.24, 2.45) is 0 Å². The summed E-state index contributed by atoms with van der Waals surface area (Å²) in [4.78, 5) is 6.80.